The van der Waals surface area contributed by atoms with Crippen molar-refractivity contribution in [1.82, 2.24) is 0 Å². The Morgan fingerprint density at radius 1 is 1.08 bits per heavy atom. The van der Waals surface area contributed by atoms with Crippen LogP contribution in [-0.2, 0) is 0 Å². The number of rotatable bonds is 2. The highest BCUT2D eigenvalue weighted by atomic mass is 28.3. The zero-order valence-corrected chi connectivity index (χ0v) is 9.04. The number of benzene rings is 1. The third-order valence-electron chi connectivity index (χ3n) is 2.10. The van der Waals surface area contributed by atoms with Crippen molar-refractivity contribution in [2.24, 2.45) is 0 Å². The number of allylic oxidation sites excluding steroid dienone is 1. The lowest BCUT2D eigenvalue weighted by Gasteiger charge is -2.17. The molecule has 0 nitrogen and oxygen atoms in total. The maximum atomic E-state index is 2.36. The summed E-state index contributed by atoms with van der Waals surface area (Å²) in [5.74, 6) is 0. The summed E-state index contributed by atoms with van der Waals surface area (Å²) in [5.41, 5.74) is 2.36. The van der Waals surface area contributed by atoms with E-state index in [0.29, 0.717) is 0 Å². The van der Waals surface area contributed by atoms with E-state index in [1.807, 2.05) is 0 Å². The Kier molecular flexibility index (Phi) is 2.87. The first-order valence-corrected chi connectivity index (χ1v) is 7.44. The zero-order valence-electron chi connectivity index (χ0n) is 8.04. The van der Waals surface area contributed by atoms with Crippen LogP contribution in [0.4, 0.5) is 0 Å². The van der Waals surface area contributed by atoms with Gasteiger partial charge in [-0.25, -0.2) is 0 Å². The van der Waals surface area contributed by atoms with Crippen LogP contribution in [-0.4, -0.2) is 8.07 Å². The van der Waals surface area contributed by atoms with Gasteiger partial charge in [-0.1, -0.05) is 60.4 Å². The van der Waals surface area contributed by atoms with Crippen molar-refractivity contribution in [3.63, 3.8) is 0 Å². The highest BCUT2D eigenvalue weighted by Crippen LogP contribution is 2.04. The summed E-state index contributed by atoms with van der Waals surface area (Å²) < 4.78 is 0. The molecule has 12 heavy (non-hydrogen) atoms. The maximum Gasteiger partial charge on any atom is 0.103 e. The molecule has 1 aromatic rings. The molecule has 0 N–H and O–H groups in total. The van der Waals surface area contributed by atoms with Crippen molar-refractivity contribution in [1.29, 1.82) is 0 Å². The minimum Gasteiger partial charge on any atom is -0.0952 e. The molecule has 0 heterocycles. The Morgan fingerprint density at radius 3 is 2.17 bits per heavy atom. The van der Waals surface area contributed by atoms with Crippen LogP contribution in [0, 0.1) is 0 Å². The van der Waals surface area contributed by atoms with Crippen LogP contribution >= 0.6 is 0 Å². The van der Waals surface area contributed by atoms with E-state index in [1.165, 1.54) is 5.19 Å². The van der Waals surface area contributed by atoms with Crippen molar-refractivity contribution in [3.8, 4) is 0 Å². The van der Waals surface area contributed by atoms with Gasteiger partial charge in [0.15, 0.2) is 0 Å². The standard InChI is InChI=1S/C11H16Si/c1-4-10-12(2,3)11-8-6-5-7-9-11/h4-10H,1-3H3. The molecular formula is C11H16Si. The first-order valence-electron chi connectivity index (χ1n) is 4.36. The molecule has 0 aliphatic rings. The third-order valence-corrected chi connectivity index (χ3v) is 5.09. The molecule has 0 aromatic heterocycles. The lowest BCUT2D eigenvalue weighted by atomic mass is 10.4. The van der Waals surface area contributed by atoms with Gasteiger partial charge in [0, 0.05) is 0 Å². The Morgan fingerprint density at radius 2 is 1.67 bits per heavy atom. The van der Waals surface area contributed by atoms with E-state index in [1.54, 1.807) is 0 Å². The molecule has 0 amide bonds. The fourth-order valence-corrected chi connectivity index (χ4v) is 3.46. The fourth-order valence-electron chi connectivity index (χ4n) is 1.38. The van der Waals surface area contributed by atoms with Gasteiger partial charge < -0.3 is 0 Å². The molecule has 0 aliphatic carbocycles. The predicted octanol–water partition coefficient (Wildman–Crippen LogP) is 2.72. The highest BCUT2D eigenvalue weighted by molar-refractivity contribution is 6.93. The Balaban J connectivity index is 2.97. The van der Waals surface area contributed by atoms with Gasteiger partial charge in [-0.15, -0.1) is 0 Å². The quantitative estimate of drug-likeness (QED) is 0.608. The van der Waals surface area contributed by atoms with Gasteiger partial charge in [0.25, 0.3) is 0 Å². The number of hydrogen-bond acceptors (Lipinski definition) is 0. The Hall–Kier alpha value is -0.823. The van der Waals surface area contributed by atoms with Crippen LogP contribution < -0.4 is 5.19 Å². The van der Waals surface area contributed by atoms with Crippen molar-refractivity contribution >= 4 is 13.3 Å². The summed E-state index contributed by atoms with van der Waals surface area (Å²) in [6, 6.07) is 10.8. The average Bonchev–Trinajstić information content (AvgIpc) is 2.06. The minimum atomic E-state index is -1.26. The van der Waals surface area contributed by atoms with Crippen LogP contribution in [0.25, 0.3) is 0 Å². The first kappa shape index (κ1) is 9.27. The van der Waals surface area contributed by atoms with E-state index in [9.17, 15) is 0 Å². The molecule has 0 radical (unpaired) electrons. The molecule has 0 bridgehead atoms. The molecule has 1 heteroatoms. The molecular weight excluding hydrogens is 160 g/mol. The maximum absolute atomic E-state index is 2.36. The van der Waals surface area contributed by atoms with E-state index >= 15 is 0 Å². The van der Waals surface area contributed by atoms with Crippen LogP contribution in [0.5, 0.6) is 0 Å². The molecule has 0 aliphatic heterocycles. The van der Waals surface area contributed by atoms with Gasteiger partial charge in [0.2, 0.25) is 0 Å². The summed E-state index contributed by atoms with van der Waals surface area (Å²) in [6.45, 7) is 6.82. The van der Waals surface area contributed by atoms with E-state index in [4.69, 9.17) is 0 Å². The number of hydrogen-bond donors (Lipinski definition) is 0. The van der Waals surface area contributed by atoms with Crippen molar-refractivity contribution in [3.05, 3.63) is 42.1 Å². The molecule has 1 rings (SSSR count). The second-order valence-electron chi connectivity index (χ2n) is 3.59. The Labute approximate surface area is 75.9 Å². The minimum absolute atomic E-state index is 1.26. The van der Waals surface area contributed by atoms with Gasteiger partial charge in [-0.05, 0) is 6.92 Å². The lowest BCUT2D eigenvalue weighted by Crippen LogP contribution is -2.39. The van der Waals surface area contributed by atoms with E-state index in [2.05, 4.69) is 62.1 Å². The molecule has 0 fully saturated rings. The SMILES string of the molecule is CC=C[Si](C)(C)c1ccccc1. The zero-order chi connectivity index (χ0) is 9.03. The van der Waals surface area contributed by atoms with Crippen molar-refractivity contribution < 1.29 is 0 Å². The molecule has 0 atom stereocenters. The van der Waals surface area contributed by atoms with Crippen LogP contribution in [0.1, 0.15) is 6.92 Å². The monoisotopic (exact) mass is 176 g/mol. The highest BCUT2D eigenvalue weighted by Gasteiger charge is 2.18. The molecule has 0 unspecified atom stereocenters. The molecule has 0 spiro atoms. The topological polar surface area (TPSA) is 0 Å². The third kappa shape index (κ3) is 2.08. The summed E-state index contributed by atoms with van der Waals surface area (Å²) in [6.07, 6.45) is 2.17. The second kappa shape index (κ2) is 3.72. The van der Waals surface area contributed by atoms with Crippen LogP contribution in [0.3, 0.4) is 0 Å². The fraction of sp³-hybridized carbons (Fsp3) is 0.273. The second-order valence-corrected chi connectivity index (χ2v) is 7.94. The van der Waals surface area contributed by atoms with Gasteiger partial charge in [0.1, 0.15) is 8.07 Å². The van der Waals surface area contributed by atoms with E-state index in [0.717, 1.165) is 0 Å². The largest absolute Gasteiger partial charge is 0.103 e. The average molecular weight is 176 g/mol. The van der Waals surface area contributed by atoms with Gasteiger partial charge >= 0.3 is 0 Å². The van der Waals surface area contributed by atoms with E-state index in [-0.39, 0.29) is 0 Å². The summed E-state index contributed by atoms with van der Waals surface area (Å²) in [5, 5.41) is 1.50. The predicted molar refractivity (Wildman–Crippen MR) is 58.4 cm³/mol. The van der Waals surface area contributed by atoms with Crippen molar-refractivity contribution in [2.75, 3.05) is 0 Å². The summed E-state index contributed by atoms with van der Waals surface area (Å²) >= 11 is 0. The first-order chi connectivity index (χ1) is 5.67. The summed E-state index contributed by atoms with van der Waals surface area (Å²) in [7, 11) is -1.26. The summed E-state index contributed by atoms with van der Waals surface area (Å²) in [4.78, 5) is 0. The van der Waals surface area contributed by atoms with Crippen LogP contribution in [0.15, 0.2) is 42.1 Å². The van der Waals surface area contributed by atoms with Crippen molar-refractivity contribution in [2.45, 2.75) is 20.0 Å². The molecule has 64 valence electrons. The van der Waals surface area contributed by atoms with E-state index < -0.39 is 8.07 Å². The molecule has 1 aromatic carbocycles. The normalized spacial score (nSPS) is 12.2. The van der Waals surface area contributed by atoms with Gasteiger partial charge in [-0.3, -0.25) is 0 Å². The Bertz CT molecular complexity index is 260. The van der Waals surface area contributed by atoms with Gasteiger partial charge in [-0.2, -0.15) is 0 Å². The molecule has 0 saturated heterocycles. The molecule has 0 saturated carbocycles. The van der Waals surface area contributed by atoms with Crippen LogP contribution in [0.2, 0.25) is 13.1 Å². The van der Waals surface area contributed by atoms with Gasteiger partial charge in [0.05, 0.1) is 0 Å². The lowest BCUT2D eigenvalue weighted by molar-refractivity contribution is 1.68. The smallest absolute Gasteiger partial charge is 0.0952 e.